The van der Waals surface area contributed by atoms with Gasteiger partial charge in [0.25, 0.3) is 0 Å². The molecule has 0 fully saturated rings. The number of nitrogens with zero attached hydrogens (tertiary/aromatic N) is 2. The monoisotopic (exact) mass is 166 g/mol. The average Bonchev–Trinajstić information content (AvgIpc) is 2.06. The highest BCUT2D eigenvalue weighted by molar-refractivity contribution is 4.98. The minimum absolute atomic E-state index is 0.157. The summed E-state index contributed by atoms with van der Waals surface area (Å²) in [6.45, 7) is 4.06. The first-order valence-electron chi connectivity index (χ1n) is 3.94. The van der Waals surface area contributed by atoms with Crippen molar-refractivity contribution in [1.82, 2.24) is 9.97 Å². The third-order valence-corrected chi connectivity index (χ3v) is 1.78. The zero-order valence-electron chi connectivity index (χ0n) is 7.74. The van der Waals surface area contributed by atoms with Gasteiger partial charge in [0.2, 0.25) is 0 Å². The predicted molar refractivity (Wildman–Crippen MR) is 46.8 cm³/mol. The summed E-state index contributed by atoms with van der Waals surface area (Å²) in [6.07, 6.45) is 5.92. The van der Waals surface area contributed by atoms with Crippen LogP contribution in [0.2, 0.25) is 0 Å². The van der Waals surface area contributed by atoms with E-state index < -0.39 is 0 Å². The molecule has 12 heavy (non-hydrogen) atoms. The summed E-state index contributed by atoms with van der Waals surface area (Å²) in [4.78, 5) is 8.15. The maximum atomic E-state index is 5.27. The fraction of sp³-hybridized carbons (Fsp3) is 0.556. The second kappa shape index (κ2) is 3.63. The molecule has 3 nitrogen and oxygen atoms in total. The molecule has 66 valence electrons. The third kappa shape index (κ3) is 2.58. The molecule has 1 aromatic rings. The predicted octanol–water partition coefficient (Wildman–Crippen LogP) is 1.44. The van der Waals surface area contributed by atoms with Gasteiger partial charge in [-0.25, -0.2) is 0 Å². The van der Waals surface area contributed by atoms with E-state index in [1.54, 1.807) is 25.7 Å². The van der Waals surface area contributed by atoms with E-state index in [9.17, 15) is 0 Å². The highest BCUT2D eigenvalue weighted by atomic mass is 16.5. The van der Waals surface area contributed by atoms with Crippen LogP contribution in [0.5, 0.6) is 0 Å². The SMILES string of the molecule is COC(C)(C)Cc1cnccn1. The minimum atomic E-state index is -0.157. The molecule has 1 heterocycles. The van der Waals surface area contributed by atoms with E-state index in [1.165, 1.54) is 0 Å². The molecule has 0 aromatic carbocycles. The zero-order chi connectivity index (χ0) is 9.03. The molecule has 0 aliphatic carbocycles. The van der Waals surface area contributed by atoms with Gasteiger partial charge < -0.3 is 4.74 Å². The lowest BCUT2D eigenvalue weighted by atomic mass is 10.0. The second-order valence-electron chi connectivity index (χ2n) is 3.34. The van der Waals surface area contributed by atoms with Crippen LogP contribution in [0, 0.1) is 0 Å². The highest BCUT2D eigenvalue weighted by Crippen LogP contribution is 2.12. The summed E-state index contributed by atoms with van der Waals surface area (Å²) in [6, 6.07) is 0. The van der Waals surface area contributed by atoms with Gasteiger partial charge in [-0.3, -0.25) is 9.97 Å². The number of hydrogen-bond acceptors (Lipinski definition) is 3. The van der Waals surface area contributed by atoms with Gasteiger partial charge >= 0.3 is 0 Å². The van der Waals surface area contributed by atoms with Crippen LogP contribution < -0.4 is 0 Å². The summed E-state index contributed by atoms with van der Waals surface area (Å²) in [7, 11) is 1.70. The van der Waals surface area contributed by atoms with Crippen molar-refractivity contribution in [3.8, 4) is 0 Å². The van der Waals surface area contributed by atoms with Gasteiger partial charge in [-0.2, -0.15) is 0 Å². The Morgan fingerprint density at radius 2 is 2.17 bits per heavy atom. The van der Waals surface area contributed by atoms with Gasteiger partial charge in [0.15, 0.2) is 0 Å². The Kier molecular flexibility index (Phi) is 2.76. The van der Waals surface area contributed by atoms with Gasteiger partial charge in [0.1, 0.15) is 0 Å². The molecule has 0 unspecified atom stereocenters. The topological polar surface area (TPSA) is 35.0 Å². The Labute approximate surface area is 72.8 Å². The van der Waals surface area contributed by atoms with Gasteiger partial charge in [0, 0.05) is 32.1 Å². The van der Waals surface area contributed by atoms with Crippen molar-refractivity contribution in [2.24, 2.45) is 0 Å². The second-order valence-corrected chi connectivity index (χ2v) is 3.34. The van der Waals surface area contributed by atoms with E-state index in [0.29, 0.717) is 0 Å². The fourth-order valence-electron chi connectivity index (χ4n) is 0.930. The third-order valence-electron chi connectivity index (χ3n) is 1.78. The van der Waals surface area contributed by atoms with Crippen molar-refractivity contribution in [2.45, 2.75) is 25.9 Å². The Hall–Kier alpha value is -0.960. The first-order valence-corrected chi connectivity index (χ1v) is 3.94. The lowest BCUT2D eigenvalue weighted by molar-refractivity contribution is 0.0223. The molecular weight excluding hydrogens is 152 g/mol. The summed E-state index contributed by atoms with van der Waals surface area (Å²) < 4.78 is 5.27. The van der Waals surface area contributed by atoms with Crippen molar-refractivity contribution in [2.75, 3.05) is 7.11 Å². The van der Waals surface area contributed by atoms with Crippen molar-refractivity contribution < 1.29 is 4.74 Å². The van der Waals surface area contributed by atoms with Crippen LogP contribution in [0.1, 0.15) is 19.5 Å². The summed E-state index contributed by atoms with van der Waals surface area (Å²) in [5, 5.41) is 0. The minimum Gasteiger partial charge on any atom is -0.378 e. The molecule has 0 aliphatic rings. The molecule has 0 saturated carbocycles. The van der Waals surface area contributed by atoms with Gasteiger partial charge in [-0.1, -0.05) is 0 Å². The van der Waals surface area contributed by atoms with E-state index in [1.807, 2.05) is 13.8 Å². The highest BCUT2D eigenvalue weighted by Gasteiger charge is 2.17. The fourth-order valence-corrected chi connectivity index (χ4v) is 0.930. The maximum absolute atomic E-state index is 5.27. The number of methoxy groups -OCH3 is 1. The Morgan fingerprint density at radius 3 is 2.67 bits per heavy atom. The molecule has 0 bridgehead atoms. The van der Waals surface area contributed by atoms with E-state index in [4.69, 9.17) is 4.74 Å². The Morgan fingerprint density at radius 1 is 1.42 bits per heavy atom. The number of rotatable bonds is 3. The molecule has 0 saturated heterocycles. The zero-order valence-corrected chi connectivity index (χ0v) is 7.74. The Balaban J connectivity index is 2.64. The molecular formula is C9H14N2O. The normalized spacial score (nSPS) is 11.6. The summed E-state index contributed by atoms with van der Waals surface area (Å²) in [5.41, 5.74) is 0.806. The Bertz CT molecular complexity index is 234. The van der Waals surface area contributed by atoms with Crippen LogP contribution in [-0.4, -0.2) is 22.7 Å². The summed E-state index contributed by atoms with van der Waals surface area (Å²) in [5.74, 6) is 0. The molecule has 0 spiro atoms. The number of hydrogen-bond donors (Lipinski definition) is 0. The maximum Gasteiger partial charge on any atom is 0.0678 e. The van der Waals surface area contributed by atoms with E-state index >= 15 is 0 Å². The van der Waals surface area contributed by atoms with Crippen LogP contribution in [0.4, 0.5) is 0 Å². The lowest BCUT2D eigenvalue weighted by Crippen LogP contribution is -2.25. The standard InChI is InChI=1S/C9H14N2O/c1-9(2,12-3)6-8-7-10-4-5-11-8/h4-5,7H,6H2,1-3H3. The largest absolute Gasteiger partial charge is 0.378 e. The average molecular weight is 166 g/mol. The number of aromatic nitrogens is 2. The molecule has 3 heteroatoms. The van der Waals surface area contributed by atoms with Crippen LogP contribution in [0.25, 0.3) is 0 Å². The van der Waals surface area contributed by atoms with Crippen LogP contribution in [-0.2, 0) is 11.2 Å². The molecule has 0 N–H and O–H groups in total. The van der Waals surface area contributed by atoms with Crippen LogP contribution >= 0.6 is 0 Å². The van der Waals surface area contributed by atoms with Crippen molar-refractivity contribution in [3.63, 3.8) is 0 Å². The first kappa shape index (κ1) is 9.13. The van der Waals surface area contributed by atoms with Crippen molar-refractivity contribution in [3.05, 3.63) is 24.3 Å². The molecule has 0 radical (unpaired) electrons. The van der Waals surface area contributed by atoms with Gasteiger partial charge in [0.05, 0.1) is 11.3 Å². The van der Waals surface area contributed by atoms with Gasteiger partial charge in [-0.05, 0) is 13.8 Å². The molecule has 0 amide bonds. The van der Waals surface area contributed by atoms with Crippen molar-refractivity contribution in [1.29, 1.82) is 0 Å². The molecule has 1 aromatic heterocycles. The van der Waals surface area contributed by atoms with Crippen LogP contribution in [0.15, 0.2) is 18.6 Å². The van der Waals surface area contributed by atoms with Crippen LogP contribution in [0.3, 0.4) is 0 Å². The van der Waals surface area contributed by atoms with E-state index in [2.05, 4.69) is 9.97 Å². The quantitative estimate of drug-likeness (QED) is 0.681. The first-order chi connectivity index (χ1) is 5.64. The van der Waals surface area contributed by atoms with Gasteiger partial charge in [-0.15, -0.1) is 0 Å². The summed E-state index contributed by atoms with van der Waals surface area (Å²) >= 11 is 0. The molecule has 0 atom stereocenters. The smallest absolute Gasteiger partial charge is 0.0678 e. The molecule has 1 rings (SSSR count). The number of ether oxygens (including phenoxy) is 1. The lowest BCUT2D eigenvalue weighted by Gasteiger charge is -2.21. The van der Waals surface area contributed by atoms with E-state index in [-0.39, 0.29) is 5.60 Å². The molecule has 0 aliphatic heterocycles. The van der Waals surface area contributed by atoms with E-state index in [0.717, 1.165) is 12.1 Å². The van der Waals surface area contributed by atoms with Crippen molar-refractivity contribution >= 4 is 0 Å².